The summed E-state index contributed by atoms with van der Waals surface area (Å²) in [5.41, 5.74) is 6.15. The van der Waals surface area contributed by atoms with Crippen LogP contribution < -0.4 is 5.73 Å². The lowest BCUT2D eigenvalue weighted by Crippen LogP contribution is -2.22. The fraction of sp³-hybridized carbons (Fsp3) is 0.385. The van der Waals surface area contributed by atoms with Crippen molar-refractivity contribution in [1.82, 2.24) is 0 Å². The van der Waals surface area contributed by atoms with Crippen LogP contribution >= 0.6 is 38.6 Å². The van der Waals surface area contributed by atoms with Crippen LogP contribution in [0.15, 0.2) is 33.4 Å². The first kappa shape index (κ1) is 13.3. The van der Waals surface area contributed by atoms with Gasteiger partial charge in [0, 0.05) is 25.6 Å². The lowest BCUT2D eigenvalue weighted by atomic mass is 10.1. The lowest BCUT2D eigenvalue weighted by Gasteiger charge is -2.09. The summed E-state index contributed by atoms with van der Waals surface area (Å²) < 4.78 is 1.17. The Hall–Kier alpha value is -0.160. The maximum Gasteiger partial charge on any atom is 0.0285 e. The van der Waals surface area contributed by atoms with Crippen molar-refractivity contribution in [3.05, 3.63) is 43.2 Å². The van der Waals surface area contributed by atoms with Gasteiger partial charge in [-0.2, -0.15) is 0 Å². The predicted molar refractivity (Wildman–Crippen MR) is 81.0 cm³/mol. The molecule has 2 N–H and O–H groups in total. The molecule has 1 atom stereocenters. The zero-order valence-electron chi connectivity index (χ0n) is 9.56. The fourth-order valence-corrected chi connectivity index (χ4v) is 4.11. The van der Waals surface area contributed by atoms with E-state index in [1.54, 1.807) is 11.3 Å². The zero-order chi connectivity index (χ0) is 12.1. The van der Waals surface area contributed by atoms with E-state index in [4.69, 9.17) is 5.73 Å². The molecular formula is C13H16BrNS2. The number of rotatable bonds is 6. The van der Waals surface area contributed by atoms with E-state index in [0.29, 0.717) is 6.04 Å². The molecule has 4 heteroatoms. The van der Waals surface area contributed by atoms with Crippen LogP contribution in [0.2, 0.25) is 0 Å². The van der Waals surface area contributed by atoms with Gasteiger partial charge in [0.25, 0.3) is 0 Å². The Balaban J connectivity index is 1.69. The molecule has 2 aromatic heterocycles. The van der Waals surface area contributed by atoms with Gasteiger partial charge >= 0.3 is 0 Å². The largest absolute Gasteiger partial charge is 0.327 e. The number of hydrogen-bond donors (Lipinski definition) is 1. The minimum absolute atomic E-state index is 0.292. The second-order valence-electron chi connectivity index (χ2n) is 4.17. The Labute approximate surface area is 119 Å². The van der Waals surface area contributed by atoms with Crippen molar-refractivity contribution in [2.75, 3.05) is 0 Å². The summed E-state index contributed by atoms with van der Waals surface area (Å²) >= 11 is 7.09. The number of thiophene rings is 2. The van der Waals surface area contributed by atoms with Crippen molar-refractivity contribution in [3.8, 4) is 0 Å². The van der Waals surface area contributed by atoms with Crippen molar-refractivity contribution in [1.29, 1.82) is 0 Å². The molecular weight excluding hydrogens is 314 g/mol. The molecule has 1 nitrogen and oxygen atoms in total. The third-order valence-electron chi connectivity index (χ3n) is 2.66. The average Bonchev–Trinajstić information content (AvgIpc) is 2.90. The fourth-order valence-electron chi connectivity index (χ4n) is 1.81. The average molecular weight is 330 g/mol. The van der Waals surface area contributed by atoms with Crippen LogP contribution in [0.3, 0.4) is 0 Å². The quantitative estimate of drug-likeness (QED) is 0.831. The van der Waals surface area contributed by atoms with E-state index in [1.807, 2.05) is 11.3 Å². The number of halogens is 1. The molecule has 2 heterocycles. The van der Waals surface area contributed by atoms with Crippen molar-refractivity contribution >= 4 is 38.6 Å². The van der Waals surface area contributed by atoms with Gasteiger partial charge < -0.3 is 5.73 Å². The highest BCUT2D eigenvalue weighted by Crippen LogP contribution is 2.21. The first-order valence-corrected chi connectivity index (χ1v) is 8.30. The van der Waals surface area contributed by atoms with E-state index in [2.05, 4.69) is 44.9 Å². The molecule has 0 saturated carbocycles. The van der Waals surface area contributed by atoms with Gasteiger partial charge in [0.15, 0.2) is 0 Å². The minimum atomic E-state index is 0.292. The molecule has 17 heavy (non-hydrogen) atoms. The number of nitrogens with two attached hydrogens (primary N) is 1. The van der Waals surface area contributed by atoms with Crippen LogP contribution in [0.25, 0.3) is 0 Å². The van der Waals surface area contributed by atoms with Gasteiger partial charge in [0.05, 0.1) is 0 Å². The Bertz CT molecular complexity index is 436. The Morgan fingerprint density at radius 2 is 2.18 bits per heavy atom. The van der Waals surface area contributed by atoms with Gasteiger partial charge in [-0.25, -0.2) is 0 Å². The molecule has 0 fully saturated rings. The molecule has 2 aromatic rings. The predicted octanol–water partition coefficient (Wildman–Crippen LogP) is 4.46. The second kappa shape index (κ2) is 6.69. The lowest BCUT2D eigenvalue weighted by molar-refractivity contribution is 0.585. The van der Waals surface area contributed by atoms with Gasteiger partial charge in [-0.1, -0.05) is 6.07 Å². The van der Waals surface area contributed by atoms with Crippen LogP contribution in [0.4, 0.5) is 0 Å². The maximum absolute atomic E-state index is 6.15. The second-order valence-corrected chi connectivity index (χ2v) is 7.11. The van der Waals surface area contributed by atoms with E-state index in [-0.39, 0.29) is 0 Å². The molecule has 0 aliphatic rings. The molecule has 0 bridgehead atoms. The minimum Gasteiger partial charge on any atom is -0.327 e. The Morgan fingerprint density at radius 1 is 1.29 bits per heavy atom. The summed E-state index contributed by atoms with van der Waals surface area (Å²) in [7, 11) is 0. The van der Waals surface area contributed by atoms with Crippen LogP contribution in [0.1, 0.15) is 22.6 Å². The highest BCUT2D eigenvalue weighted by Gasteiger charge is 2.06. The summed E-state index contributed by atoms with van der Waals surface area (Å²) in [6.07, 6.45) is 4.46. The van der Waals surface area contributed by atoms with Crippen LogP contribution in [-0.4, -0.2) is 6.04 Å². The zero-order valence-corrected chi connectivity index (χ0v) is 12.8. The Kier molecular flexibility index (Phi) is 5.22. The van der Waals surface area contributed by atoms with E-state index in [9.17, 15) is 0 Å². The van der Waals surface area contributed by atoms with Crippen LogP contribution in [0.5, 0.6) is 0 Å². The first-order valence-electron chi connectivity index (χ1n) is 5.75. The number of aryl methyl sites for hydroxylation is 1. The molecule has 0 spiro atoms. The summed E-state index contributed by atoms with van der Waals surface area (Å²) in [5.74, 6) is 0. The molecule has 0 amide bonds. The molecule has 0 saturated heterocycles. The summed E-state index contributed by atoms with van der Waals surface area (Å²) in [6, 6.07) is 6.78. The molecule has 0 radical (unpaired) electrons. The molecule has 2 rings (SSSR count). The molecule has 92 valence electrons. The third-order valence-corrected chi connectivity index (χ3v) is 5.32. The third kappa shape index (κ3) is 4.54. The van der Waals surface area contributed by atoms with Crippen molar-refractivity contribution in [2.24, 2.45) is 5.73 Å². The van der Waals surface area contributed by atoms with Crippen LogP contribution in [0, 0.1) is 0 Å². The highest BCUT2D eigenvalue weighted by molar-refractivity contribution is 9.10. The Morgan fingerprint density at radius 3 is 2.82 bits per heavy atom. The van der Waals surface area contributed by atoms with Gasteiger partial charge in [-0.15, -0.1) is 22.7 Å². The smallest absolute Gasteiger partial charge is 0.0285 e. The van der Waals surface area contributed by atoms with E-state index in [1.165, 1.54) is 27.1 Å². The van der Waals surface area contributed by atoms with Gasteiger partial charge in [0.1, 0.15) is 0 Å². The summed E-state index contributed by atoms with van der Waals surface area (Å²) in [5, 5.41) is 4.26. The van der Waals surface area contributed by atoms with Crippen LogP contribution in [-0.2, 0) is 12.8 Å². The topological polar surface area (TPSA) is 26.0 Å². The maximum atomic E-state index is 6.15. The molecule has 0 aliphatic carbocycles. The van der Waals surface area contributed by atoms with Crippen molar-refractivity contribution in [2.45, 2.75) is 31.7 Å². The molecule has 1 unspecified atom stereocenters. The van der Waals surface area contributed by atoms with Gasteiger partial charge in [0.2, 0.25) is 0 Å². The van der Waals surface area contributed by atoms with E-state index in [0.717, 1.165) is 12.8 Å². The van der Waals surface area contributed by atoms with E-state index < -0.39 is 0 Å². The number of hydrogen-bond acceptors (Lipinski definition) is 3. The van der Waals surface area contributed by atoms with Gasteiger partial charge in [-0.05, 0) is 59.1 Å². The normalized spacial score (nSPS) is 12.8. The summed E-state index contributed by atoms with van der Waals surface area (Å²) in [4.78, 5) is 2.84. The van der Waals surface area contributed by atoms with Crippen molar-refractivity contribution < 1.29 is 0 Å². The molecule has 0 aromatic carbocycles. The highest BCUT2D eigenvalue weighted by atomic mass is 79.9. The van der Waals surface area contributed by atoms with Gasteiger partial charge in [-0.3, -0.25) is 0 Å². The summed E-state index contributed by atoms with van der Waals surface area (Å²) in [6.45, 7) is 0. The van der Waals surface area contributed by atoms with Crippen molar-refractivity contribution in [3.63, 3.8) is 0 Å². The molecule has 0 aliphatic heterocycles. The first-order chi connectivity index (χ1) is 8.24. The monoisotopic (exact) mass is 329 g/mol. The van der Waals surface area contributed by atoms with E-state index >= 15 is 0 Å². The standard InChI is InChI=1S/C13H16BrNS2/c14-10-7-13(17-9-10)8-11(15)3-1-4-12-5-2-6-16-12/h2,5-7,9,11H,1,3-4,8,15H2. The SMILES string of the molecule is NC(CCCc1cccs1)Cc1cc(Br)cs1.